The zero-order chi connectivity index (χ0) is 21.5. The van der Waals surface area contributed by atoms with Crippen molar-refractivity contribution in [1.29, 1.82) is 0 Å². The van der Waals surface area contributed by atoms with Crippen LogP contribution in [0.5, 0.6) is 0 Å². The smallest absolute Gasteiger partial charge is 0.434 e. The average molecular weight is 398 g/mol. The van der Waals surface area contributed by atoms with Gasteiger partial charge in [-0.1, -0.05) is 10.2 Å². The van der Waals surface area contributed by atoms with E-state index in [0.717, 1.165) is 0 Å². The molecular formula is C16H26N6O6. The van der Waals surface area contributed by atoms with Gasteiger partial charge in [0.1, 0.15) is 11.2 Å². The Labute approximate surface area is 163 Å². The van der Waals surface area contributed by atoms with E-state index >= 15 is 0 Å². The molecule has 0 heterocycles. The van der Waals surface area contributed by atoms with Crippen LogP contribution in [-0.2, 0) is 18.9 Å². The lowest BCUT2D eigenvalue weighted by molar-refractivity contribution is -0.00273. The van der Waals surface area contributed by atoms with Gasteiger partial charge >= 0.3 is 12.3 Å². The summed E-state index contributed by atoms with van der Waals surface area (Å²) in [6, 6.07) is 0. The van der Waals surface area contributed by atoms with Gasteiger partial charge in [-0.05, 0) is 63.8 Å². The lowest BCUT2D eigenvalue weighted by atomic mass is 10.0. The van der Waals surface area contributed by atoms with Gasteiger partial charge in [0.25, 0.3) is 0 Å². The van der Waals surface area contributed by atoms with Crippen molar-refractivity contribution in [3.05, 3.63) is 33.0 Å². The van der Waals surface area contributed by atoms with Gasteiger partial charge in [-0.2, -0.15) is 0 Å². The molecule has 0 aromatic heterocycles. The van der Waals surface area contributed by atoms with Crippen molar-refractivity contribution in [3.63, 3.8) is 0 Å². The molecule has 0 aliphatic heterocycles. The van der Waals surface area contributed by atoms with Gasteiger partial charge in [-0.15, -0.1) is 0 Å². The maximum Gasteiger partial charge on any atom is 0.509 e. The van der Waals surface area contributed by atoms with Gasteiger partial charge in [0.15, 0.2) is 0 Å². The number of rotatable bonds is 12. The molecule has 0 aliphatic rings. The van der Waals surface area contributed by atoms with Gasteiger partial charge in [0.05, 0.1) is 13.2 Å². The van der Waals surface area contributed by atoms with Crippen molar-refractivity contribution in [2.75, 3.05) is 26.3 Å². The summed E-state index contributed by atoms with van der Waals surface area (Å²) in [5.41, 5.74) is 14.3. The summed E-state index contributed by atoms with van der Waals surface area (Å²) in [6.07, 6.45) is 2.16. The lowest BCUT2D eigenvalue weighted by Gasteiger charge is -2.25. The Kier molecular flexibility index (Phi) is 11.7. The summed E-state index contributed by atoms with van der Waals surface area (Å²) in [7, 11) is 0. The summed E-state index contributed by atoms with van der Waals surface area (Å²) >= 11 is 0. The molecule has 0 aromatic carbocycles. The summed E-state index contributed by atoms with van der Waals surface area (Å²) < 4.78 is 20.1. The molecule has 0 rings (SSSR count). The predicted molar refractivity (Wildman–Crippen MR) is 99.4 cm³/mol. The predicted octanol–water partition coefficient (Wildman–Crippen LogP) is 4.81. The molecule has 0 saturated heterocycles. The van der Waals surface area contributed by atoms with Crippen LogP contribution in [0.15, 0.2) is 22.4 Å². The number of carbonyl (C=O) groups is 2. The Bertz CT molecular complexity index is 582. The average Bonchev–Trinajstić information content (AvgIpc) is 2.59. The third-order valence-electron chi connectivity index (χ3n) is 2.95. The molecule has 0 amide bonds. The van der Waals surface area contributed by atoms with Crippen molar-refractivity contribution >= 4 is 12.3 Å². The van der Waals surface area contributed by atoms with Crippen LogP contribution in [0.3, 0.4) is 0 Å². The van der Waals surface area contributed by atoms with Gasteiger partial charge in [-0.3, -0.25) is 0 Å². The molecule has 0 unspecified atom stereocenters. The highest BCUT2D eigenvalue weighted by Crippen LogP contribution is 2.18. The highest BCUT2D eigenvalue weighted by atomic mass is 16.7. The van der Waals surface area contributed by atoms with Gasteiger partial charge in [-0.25, -0.2) is 9.59 Å². The first-order chi connectivity index (χ1) is 13.1. The molecule has 12 heteroatoms. The highest BCUT2D eigenvalue weighted by molar-refractivity contribution is 5.61. The second-order valence-corrected chi connectivity index (χ2v) is 6.56. The van der Waals surface area contributed by atoms with Crippen LogP contribution in [0.25, 0.3) is 20.9 Å². The van der Waals surface area contributed by atoms with E-state index in [0.29, 0.717) is 12.8 Å². The normalized spacial score (nSPS) is 11.1. The van der Waals surface area contributed by atoms with E-state index in [9.17, 15) is 9.59 Å². The van der Waals surface area contributed by atoms with E-state index in [-0.39, 0.29) is 26.3 Å². The zero-order valence-electron chi connectivity index (χ0n) is 16.5. The Morgan fingerprint density at radius 2 is 1.18 bits per heavy atom. The largest absolute Gasteiger partial charge is 0.509 e. The summed E-state index contributed by atoms with van der Waals surface area (Å²) in [5.74, 6) is 0. The quantitative estimate of drug-likeness (QED) is 0.114. The molecule has 0 bridgehead atoms. The molecule has 0 atom stereocenters. The maximum absolute atomic E-state index is 11.7. The van der Waals surface area contributed by atoms with Crippen molar-refractivity contribution in [1.82, 2.24) is 0 Å². The first kappa shape index (κ1) is 24.9. The molecule has 0 radical (unpaired) electrons. The fourth-order valence-corrected chi connectivity index (χ4v) is 1.63. The van der Waals surface area contributed by atoms with E-state index in [4.69, 9.17) is 30.0 Å². The minimum absolute atomic E-state index is 0.0672. The number of hydrogen-bond acceptors (Lipinski definition) is 8. The SMILES string of the molecule is CC(C)(/C=C/C(C)(C)OC(=O)OCCCN=[N+]=[N-])OC(=O)OCCCN=[N+]=[N-]. The van der Waals surface area contributed by atoms with Crippen molar-refractivity contribution in [2.45, 2.75) is 51.7 Å². The topological polar surface area (TPSA) is 169 Å². The molecule has 0 aromatic rings. The van der Waals surface area contributed by atoms with Crippen LogP contribution in [0.1, 0.15) is 40.5 Å². The molecule has 12 nitrogen and oxygen atoms in total. The van der Waals surface area contributed by atoms with Gasteiger partial charge < -0.3 is 18.9 Å². The fraction of sp³-hybridized carbons (Fsp3) is 0.750. The minimum Gasteiger partial charge on any atom is -0.434 e. The molecular weight excluding hydrogens is 372 g/mol. The molecule has 0 fully saturated rings. The number of ether oxygens (including phenoxy) is 4. The van der Waals surface area contributed by atoms with Crippen molar-refractivity contribution in [2.24, 2.45) is 10.2 Å². The van der Waals surface area contributed by atoms with Crippen LogP contribution in [-0.4, -0.2) is 49.8 Å². The molecule has 0 spiro atoms. The second-order valence-electron chi connectivity index (χ2n) is 6.56. The number of carbonyl (C=O) groups excluding carboxylic acids is 2. The first-order valence-corrected chi connectivity index (χ1v) is 8.55. The Morgan fingerprint density at radius 1 is 0.821 bits per heavy atom. The van der Waals surface area contributed by atoms with E-state index in [1.165, 1.54) is 0 Å². The van der Waals surface area contributed by atoms with Gasteiger partial charge in [0, 0.05) is 22.9 Å². The third-order valence-corrected chi connectivity index (χ3v) is 2.95. The van der Waals surface area contributed by atoms with Crippen LogP contribution in [0.4, 0.5) is 9.59 Å². The van der Waals surface area contributed by atoms with Crippen LogP contribution in [0.2, 0.25) is 0 Å². The van der Waals surface area contributed by atoms with E-state index < -0.39 is 23.5 Å². The zero-order valence-corrected chi connectivity index (χ0v) is 16.5. The standard InChI is InChI=1S/C16H26N6O6/c1-15(2,27-13(23)25-11-5-9-19-21-17)7-8-16(3,4)28-14(24)26-12-6-10-20-22-18/h7-8H,5-6,9-12H2,1-4H3/b8-7+. The second kappa shape index (κ2) is 13.1. The maximum atomic E-state index is 11.7. The summed E-state index contributed by atoms with van der Waals surface area (Å²) in [6.45, 7) is 7.11. The molecule has 0 N–H and O–H groups in total. The molecule has 28 heavy (non-hydrogen) atoms. The fourth-order valence-electron chi connectivity index (χ4n) is 1.63. The summed E-state index contributed by atoms with van der Waals surface area (Å²) in [4.78, 5) is 28.5. The summed E-state index contributed by atoms with van der Waals surface area (Å²) in [5, 5.41) is 6.64. The third kappa shape index (κ3) is 14.1. The number of azide groups is 2. The van der Waals surface area contributed by atoms with Crippen LogP contribution in [0, 0.1) is 0 Å². The van der Waals surface area contributed by atoms with Crippen molar-refractivity contribution < 1.29 is 28.5 Å². The Hall–Kier alpha value is -3.10. The highest BCUT2D eigenvalue weighted by Gasteiger charge is 2.25. The number of hydrogen-bond donors (Lipinski definition) is 0. The van der Waals surface area contributed by atoms with E-state index in [1.54, 1.807) is 39.8 Å². The molecule has 156 valence electrons. The van der Waals surface area contributed by atoms with E-state index in [2.05, 4.69) is 20.1 Å². The number of nitrogens with zero attached hydrogens (tertiary/aromatic N) is 6. The Balaban J connectivity index is 4.38. The van der Waals surface area contributed by atoms with Crippen LogP contribution < -0.4 is 0 Å². The van der Waals surface area contributed by atoms with E-state index in [1.807, 2.05) is 0 Å². The molecule has 0 saturated carbocycles. The van der Waals surface area contributed by atoms with Crippen LogP contribution >= 0.6 is 0 Å². The Morgan fingerprint density at radius 3 is 1.50 bits per heavy atom. The monoisotopic (exact) mass is 398 g/mol. The minimum atomic E-state index is -1.01. The van der Waals surface area contributed by atoms with Gasteiger partial charge in [0.2, 0.25) is 0 Å². The molecule has 0 aliphatic carbocycles. The lowest BCUT2D eigenvalue weighted by Crippen LogP contribution is -2.30. The van der Waals surface area contributed by atoms with Crippen molar-refractivity contribution in [3.8, 4) is 0 Å². The first-order valence-electron chi connectivity index (χ1n) is 8.55.